The summed E-state index contributed by atoms with van der Waals surface area (Å²) in [5, 5.41) is 0. The molecule has 1 aromatic heterocycles. The second kappa shape index (κ2) is 8.89. The van der Waals surface area contributed by atoms with Gasteiger partial charge in [-0.05, 0) is 55.5 Å². The number of benzene rings is 1. The topological polar surface area (TPSA) is 32.8 Å². The van der Waals surface area contributed by atoms with Crippen LogP contribution in [-0.2, 0) is 17.7 Å². The summed E-state index contributed by atoms with van der Waals surface area (Å²) < 4.78 is 5.81. The molecule has 1 aromatic carbocycles. The lowest BCUT2D eigenvalue weighted by molar-refractivity contribution is 0.0511. The summed E-state index contributed by atoms with van der Waals surface area (Å²) in [6.45, 7) is 6.32. The number of ether oxygens (including phenoxy) is 1. The molecule has 0 N–H and O–H groups in total. The maximum absolute atomic E-state index is 13.3. The molecule has 0 aliphatic carbocycles. The van der Waals surface area contributed by atoms with Crippen LogP contribution in [0.2, 0.25) is 0 Å². The molecule has 1 aliphatic rings. The monoisotopic (exact) mass is 386 g/mol. The van der Waals surface area contributed by atoms with Crippen molar-refractivity contribution in [2.24, 2.45) is 0 Å². The second-order valence-corrected chi connectivity index (χ2v) is 8.68. The molecular formula is C22H30N2O2S. The van der Waals surface area contributed by atoms with Gasteiger partial charge in [0.25, 0.3) is 5.91 Å². The minimum absolute atomic E-state index is 0.120. The number of aryl methyl sites for hydroxylation is 2. The van der Waals surface area contributed by atoms with Crippen molar-refractivity contribution in [3.8, 4) is 0 Å². The Morgan fingerprint density at radius 1 is 1.26 bits per heavy atom. The minimum atomic E-state index is 0.120. The quantitative estimate of drug-likeness (QED) is 0.702. The minimum Gasteiger partial charge on any atom is -0.378 e. The van der Waals surface area contributed by atoms with Gasteiger partial charge in [-0.3, -0.25) is 4.79 Å². The lowest BCUT2D eigenvalue weighted by Gasteiger charge is -2.25. The SMILES string of the molecule is CCc1cc(C(=O)N(Cc2ccc(N(C)C)cc2)C[C@H]2CCCO2)sc1C. The zero-order chi connectivity index (χ0) is 19.4. The van der Waals surface area contributed by atoms with Crippen LogP contribution in [0.3, 0.4) is 0 Å². The van der Waals surface area contributed by atoms with Crippen molar-refractivity contribution in [2.45, 2.75) is 45.8 Å². The number of thiophene rings is 1. The molecule has 3 rings (SSSR count). The Morgan fingerprint density at radius 3 is 2.56 bits per heavy atom. The zero-order valence-electron chi connectivity index (χ0n) is 16.8. The van der Waals surface area contributed by atoms with Crippen molar-refractivity contribution in [2.75, 3.05) is 32.1 Å². The van der Waals surface area contributed by atoms with Gasteiger partial charge in [-0.1, -0.05) is 19.1 Å². The lowest BCUT2D eigenvalue weighted by Crippen LogP contribution is -2.36. The van der Waals surface area contributed by atoms with Gasteiger partial charge in [0, 0.05) is 44.4 Å². The Labute approximate surface area is 166 Å². The Morgan fingerprint density at radius 2 is 2.00 bits per heavy atom. The number of carbonyl (C=O) groups excluding carboxylic acids is 1. The van der Waals surface area contributed by atoms with E-state index in [2.05, 4.69) is 49.1 Å². The number of hydrogen-bond donors (Lipinski definition) is 0. The Hall–Kier alpha value is -1.85. The summed E-state index contributed by atoms with van der Waals surface area (Å²) in [7, 11) is 4.07. The molecule has 1 aliphatic heterocycles. The summed E-state index contributed by atoms with van der Waals surface area (Å²) >= 11 is 1.61. The number of hydrogen-bond acceptors (Lipinski definition) is 4. The Balaban J connectivity index is 1.79. The van der Waals surface area contributed by atoms with Crippen LogP contribution in [0.4, 0.5) is 5.69 Å². The molecule has 2 aromatic rings. The first-order valence-corrected chi connectivity index (χ1v) is 10.6. The molecule has 1 fully saturated rings. The van der Waals surface area contributed by atoms with Gasteiger partial charge in [-0.2, -0.15) is 0 Å². The van der Waals surface area contributed by atoms with E-state index in [4.69, 9.17) is 4.74 Å². The van der Waals surface area contributed by atoms with Crippen molar-refractivity contribution < 1.29 is 9.53 Å². The van der Waals surface area contributed by atoms with E-state index in [0.29, 0.717) is 13.1 Å². The lowest BCUT2D eigenvalue weighted by atomic mass is 10.1. The van der Waals surface area contributed by atoms with E-state index in [9.17, 15) is 4.79 Å². The fourth-order valence-electron chi connectivity index (χ4n) is 3.51. The highest BCUT2D eigenvalue weighted by Gasteiger charge is 2.25. The average Bonchev–Trinajstić information content (AvgIpc) is 3.30. The van der Waals surface area contributed by atoms with Crippen LogP contribution in [0, 0.1) is 6.92 Å². The molecular weight excluding hydrogens is 356 g/mol. The predicted molar refractivity (Wildman–Crippen MR) is 113 cm³/mol. The first-order valence-electron chi connectivity index (χ1n) is 9.74. The van der Waals surface area contributed by atoms with Crippen molar-refractivity contribution in [1.82, 2.24) is 4.90 Å². The number of anilines is 1. The third-order valence-electron chi connectivity index (χ3n) is 5.17. The molecule has 0 bridgehead atoms. The smallest absolute Gasteiger partial charge is 0.264 e. The zero-order valence-corrected chi connectivity index (χ0v) is 17.6. The maximum Gasteiger partial charge on any atom is 0.264 e. The van der Waals surface area contributed by atoms with Gasteiger partial charge in [0.05, 0.1) is 11.0 Å². The summed E-state index contributed by atoms with van der Waals surface area (Å²) in [4.78, 5) is 19.4. The van der Waals surface area contributed by atoms with Crippen LogP contribution >= 0.6 is 11.3 Å². The fraction of sp³-hybridized carbons (Fsp3) is 0.500. The van der Waals surface area contributed by atoms with Crippen LogP contribution in [0.15, 0.2) is 30.3 Å². The molecule has 1 amide bonds. The summed E-state index contributed by atoms with van der Waals surface area (Å²) in [5.41, 5.74) is 3.59. The highest BCUT2D eigenvalue weighted by atomic mass is 32.1. The van der Waals surface area contributed by atoms with E-state index in [-0.39, 0.29) is 12.0 Å². The Kier molecular flexibility index (Phi) is 6.55. The van der Waals surface area contributed by atoms with Gasteiger partial charge >= 0.3 is 0 Å². The van der Waals surface area contributed by atoms with Gasteiger partial charge in [0.1, 0.15) is 0 Å². The molecule has 0 spiro atoms. The van der Waals surface area contributed by atoms with Gasteiger partial charge in [-0.25, -0.2) is 0 Å². The van der Waals surface area contributed by atoms with Crippen molar-refractivity contribution in [1.29, 1.82) is 0 Å². The summed E-state index contributed by atoms with van der Waals surface area (Å²) in [5.74, 6) is 0.120. The normalized spacial score (nSPS) is 16.5. The largest absolute Gasteiger partial charge is 0.378 e. The number of amides is 1. The first kappa shape index (κ1) is 19.9. The van der Waals surface area contributed by atoms with E-state index in [1.165, 1.54) is 10.4 Å². The third kappa shape index (κ3) is 4.90. The standard InChI is InChI=1S/C22H30N2O2S/c1-5-18-13-21(27-16(18)2)22(25)24(15-20-7-6-12-26-20)14-17-8-10-19(11-9-17)23(3)4/h8-11,13,20H,5-7,12,14-15H2,1-4H3/t20-/m1/s1. The van der Waals surface area contributed by atoms with Gasteiger partial charge in [-0.15, -0.1) is 11.3 Å². The van der Waals surface area contributed by atoms with Crippen molar-refractivity contribution in [3.63, 3.8) is 0 Å². The molecule has 0 saturated carbocycles. The third-order valence-corrected chi connectivity index (χ3v) is 6.25. The molecule has 1 atom stereocenters. The van der Waals surface area contributed by atoms with E-state index < -0.39 is 0 Å². The van der Waals surface area contributed by atoms with Crippen LogP contribution in [0.5, 0.6) is 0 Å². The highest BCUT2D eigenvalue weighted by Crippen LogP contribution is 2.25. The van der Waals surface area contributed by atoms with Crippen LogP contribution in [-0.4, -0.2) is 44.2 Å². The Bertz CT molecular complexity index is 761. The first-order chi connectivity index (χ1) is 13.0. The maximum atomic E-state index is 13.3. The average molecular weight is 387 g/mol. The summed E-state index contributed by atoms with van der Waals surface area (Å²) in [6, 6.07) is 10.5. The molecule has 0 radical (unpaired) electrons. The van der Waals surface area contributed by atoms with Crippen molar-refractivity contribution in [3.05, 3.63) is 51.2 Å². The van der Waals surface area contributed by atoms with Gasteiger partial charge in [0.15, 0.2) is 0 Å². The highest BCUT2D eigenvalue weighted by molar-refractivity contribution is 7.14. The number of rotatable bonds is 7. The van der Waals surface area contributed by atoms with Crippen LogP contribution in [0.25, 0.3) is 0 Å². The second-order valence-electron chi connectivity index (χ2n) is 7.43. The van der Waals surface area contributed by atoms with Gasteiger partial charge in [0.2, 0.25) is 0 Å². The number of carbonyl (C=O) groups is 1. The molecule has 2 heterocycles. The van der Waals surface area contributed by atoms with E-state index in [1.807, 2.05) is 19.0 Å². The molecule has 4 nitrogen and oxygen atoms in total. The predicted octanol–water partition coefficient (Wildman–Crippen LogP) is 4.51. The van der Waals surface area contributed by atoms with E-state index >= 15 is 0 Å². The molecule has 146 valence electrons. The molecule has 0 unspecified atom stereocenters. The molecule has 27 heavy (non-hydrogen) atoms. The van der Waals surface area contributed by atoms with Crippen molar-refractivity contribution >= 4 is 22.9 Å². The molecule has 1 saturated heterocycles. The van der Waals surface area contributed by atoms with E-state index in [0.717, 1.165) is 42.0 Å². The number of nitrogens with zero attached hydrogens (tertiary/aromatic N) is 2. The van der Waals surface area contributed by atoms with E-state index in [1.54, 1.807) is 11.3 Å². The van der Waals surface area contributed by atoms with Gasteiger partial charge < -0.3 is 14.5 Å². The van der Waals surface area contributed by atoms with Crippen LogP contribution < -0.4 is 4.90 Å². The summed E-state index contributed by atoms with van der Waals surface area (Å²) in [6.07, 6.45) is 3.24. The van der Waals surface area contributed by atoms with Crippen LogP contribution in [0.1, 0.15) is 45.4 Å². The molecule has 5 heteroatoms. The fourth-order valence-corrected chi connectivity index (χ4v) is 4.59.